The van der Waals surface area contributed by atoms with E-state index in [-0.39, 0.29) is 17.7 Å². The van der Waals surface area contributed by atoms with Gasteiger partial charge in [0.15, 0.2) is 0 Å². The van der Waals surface area contributed by atoms with Crippen molar-refractivity contribution in [2.24, 2.45) is 5.92 Å². The minimum Gasteiger partial charge on any atom is -0.273 e. The summed E-state index contributed by atoms with van der Waals surface area (Å²) in [5, 5.41) is 2.04. The van der Waals surface area contributed by atoms with Crippen LogP contribution in [0.3, 0.4) is 0 Å². The maximum atomic E-state index is 12.5. The summed E-state index contributed by atoms with van der Waals surface area (Å²) in [5.74, 6) is -0.264. The molecule has 2 amide bonds. The van der Waals surface area contributed by atoms with Gasteiger partial charge in [0, 0.05) is 16.5 Å². The van der Waals surface area contributed by atoms with Gasteiger partial charge in [-0.2, -0.15) is 0 Å². The molecule has 4 nitrogen and oxygen atoms in total. The fourth-order valence-electron chi connectivity index (χ4n) is 2.16. The summed E-state index contributed by atoms with van der Waals surface area (Å²) in [4.78, 5) is 24.8. The maximum absolute atomic E-state index is 12.5. The fraction of sp³-hybridized carbons (Fsp3) is 0.500. The first-order chi connectivity index (χ1) is 9.79. The molecule has 1 aromatic rings. The predicted molar refractivity (Wildman–Crippen MR) is 82.9 cm³/mol. The Kier molecular flexibility index (Phi) is 4.57. The smallest absolute Gasteiger partial charge is 0.269 e. The minimum atomic E-state index is -0.464. The SMILES string of the molecule is CC(C)(C)N(NC(=O)c1ccc(Cl)cc1)C(=O)C1CCC1. The third-order valence-electron chi connectivity index (χ3n) is 3.67. The topological polar surface area (TPSA) is 49.4 Å². The van der Waals surface area contributed by atoms with Crippen LogP contribution >= 0.6 is 11.6 Å². The molecule has 0 heterocycles. The van der Waals surface area contributed by atoms with Crippen LogP contribution in [-0.4, -0.2) is 22.4 Å². The molecule has 1 aliphatic carbocycles. The van der Waals surface area contributed by atoms with Crippen LogP contribution in [0.4, 0.5) is 0 Å². The zero-order valence-electron chi connectivity index (χ0n) is 12.6. The first kappa shape index (κ1) is 15.8. The third-order valence-corrected chi connectivity index (χ3v) is 3.92. The van der Waals surface area contributed by atoms with Crippen LogP contribution in [0, 0.1) is 5.92 Å². The lowest BCUT2D eigenvalue weighted by Crippen LogP contribution is -2.58. The van der Waals surface area contributed by atoms with Crippen molar-refractivity contribution in [3.05, 3.63) is 34.9 Å². The van der Waals surface area contributed by atoms with Crippen molar-refractivity contribution in [3.8, 4) is 0 Å². The van der Waals surface area contributed by atoms with E-state index in [2.05, 4.69) is 5.43 Å². The Bertz CT molecular complexity index is 530. The Balaban J connectivity index is 2.12. The molecular formula is C16H21ClN2O2. The molecule has 0 aromatic heterocycles. The molecule has 1 aromatic carbocycles. The van der Waals surface area contributed by atoms with Crippen molar-refractivity contribution in [2.75, 3.05) is 0 Å². The first-order valence-corrected chi connectivity index (χ1v) is 7.57. The minimum absolute atomic E-state index is 0.00364. The number of carbonyl (C=O) groups is 2. The molecule has 0 aliphatic heterocycles. The molecule has 0 bridgehead atoms. The highest BCUT2D eigenvalue weighted by molar-refractivity contribution is 6.30. The molecule has 5 heteroatoms. The van der Waals surface area contributed by atoms with Gasteiger partial charge >= 0.3 is 0 Å². The van der Waals surface area contributed by atoms with E-state index in [0.717, 1.165) is 19.3 Å². The summed E-state index contributed by atoms with van der Waals surface area (Å²) >= 11 is 5.82. The lowest BCUT2D eigenvalue weighted by molar-refractivity contribution is -0.146. The van der Waals surface area contributed by atoms with Crippen LogP contribution in [-0.2, 0) is 4.79 Å². The summed E-state index contributed by atoms with van der Waals surface area (Å²) in [6, 6.07) is 6.61. The normalized spacial score (nSPS) is 15.2. The zero-order chi connectivity index (χ0) is 15.6. The van der Waals surface area contributed by atoms with E-state index in [4.69, 9.17) is 11.6 Å². The molecule has 0 unspecified atom stereocenters. The van der Waals surface area contributed by atoms with E-state index in [9.17, 15) is 9.59 Å². The van der Waals surface area contributed by atoms with Crippen LogP contribution in [0.15, 0.2) is 24.3 Å². The Morgan fingerprint density at radius 3 is 2.19 bits per heavy atom. The first-order valence-electron chi connectivity index (χ1n) is 7.19. The van der Waals surface area contributed by atoms with E-state index < -0.39 is 5.54 Å². The molecule has 1 fully saturated rings. The van der Waals surface area contributed by atoms with Crippen LogP contribution in [0.2, 0.25) is 5.02 Å². The monoisotopic (exact) mass is 308 g/mol. The molecule has 2 rings (SSSR count). The second kappa shape index (κ2) is 6.06. The number of nitrogens with zero attached hydrogens (tertiary/aromatic N) is 1. The van der Waals surface area contributed by atoms with Gasteiger partial charge in [0.1, 0.15) is 0 Å². The number of benzene rings is 1. The summed E-state index contributed by atoms with van der Waals surface area (Å²) in [6.07, 6.45) is 2.89. The number of carbonyl (C=O) groups excluding carboxylic acids is 2. The average molecular weight is 309 g/mol. The number of rotatable bonds is 2. The molecule has 1 N–H and O–H groups in total. The van der Waals surface area contributed by atoms with Crippen molar-refractivity contribution in [3.63, 3.8) is 0 Å². The highest BCUT2D eigenvalue weighted by Gasteiger charge is 2.36. The second-order valence-corrected chi connectivity index (χ2v) is 6.86. The van der Waals surface area contributed by atoms with E-state index in [0.29, 0.717) is 10.6 Å². The van der Waals surface area contributed by atoms with Gasteiger partial charge in [0.05, 0.1) is 5.54 Å². The van der Waals surface area contributed by atoms with Gasteiger partial charge in [-0.15, -0.1) is 0 Å². The lowest BCUT2D eigenvalue weighted by Gasteiger charge is -2.39. The quantitative estimate of drug-likeness (QED) is 0.851. The van der Waals surface area contributed by atoms with E-state index in [1.54, 1.807) is 24.3 Å². The van der Waals surface area contributed by atoms with Gasteiger partial charge < -0.3 is 0 Å². The number of amides is 2. The van der Waals surface area contributed by atoms with Crippen LogP contribution in [0.5, 0.6) is 0 Å². The Morgan fingerprint density at radius 1 is 1.19 bits per heavy atom. The zero-order valence-corrected chi connectivity index (χ0v) is 13.4. The van der Waals surface area contributed by atoms with Crippen molar-refractivity contribution in [2.45, 2.75) is 45.6 Å². The molecular weight excluding hydrogens is 288 g/mol. The number of halogens is 1. The number of nitrogens with one attached hydrogen (secondary N) is 1. The molecule has 0 radical (unpaired) electrons. The molecule has 1 saturated carbocycles. The summed E-state index contributed by atoms with van der Waals surface area (Å²) in [5.41, 5.74) is 2.76. The number of hydrogen-bond acceptors (Lipinski definition) is 2. The number of hydrazine groups is 1. The third kappa shape index (κ3) is 3.76. The van der Waals surface area contributed by atoms with Crippen LogP contribution in [0.1, 0.15) is 50.4 Å². The Hall–Kier alpha value is -1.55. The van der Waals surface area contributed by atoms with Crippen molar-refractivity contribution >= 4 is 23.4 Å². The summed E-state index contributed by atoms with van der Waals surface area (Å²) < 4.78 is 0. The Labute approximate surface area is 130 Å². The largest absolute Gasteiger partial charge is 0.273 e. The van der Waals surface area contributed by atoms with Crippen molar-refractivity contribution in [1.29, 1.82) is 0 Å². The second-order valence-electron chi connectivity index (χ2n) is 6.42. The van der Waals surface area contributed by atoms with Gasteiger partial charge in [-0.05, 0) is 57.9 Å². The van der Waals surface area contributed by atoms with E-state index in [1.165, 1.54) is 5.01 Å². The summed E-state index contributed by atoms with van der Waals surface area (Å²) in [6.45, 7) is 5.73. The number of hydrogen-bond donors (Lipinski definition) is 1. The molecule has 1 aliphatic rings. The summed E-state index contributed by atoms with van der Waals surface area (Å²) in [7, 11) is 0. The average Bonchev–Trinajstić information content (AvgIpc) is 2.32. The van der Waals surface area contributed by atoms with E-state index in [1.807, 2.05) is 20.8 Å². The fourth-order valence-corrected chi connectivity index (χ4v) is 2.28. The van der Waals surface area contributed by atoms with Crippen LogP contribution in [0.25, 0.3) is 0 Å². The van der Waals surface area contributed by atoms with Gasteiger partial charge in [-0.1, -0.05) is 18.0 Å². The standard InChI is InChI=1S/C16H21ClN2O2/c1-16(2,3)19(15(21)12-5-4-6-12)18-14(20)11-7-9-13(17)10-8-11/h7-10,12H,4-6H2,1-3H3,(H,18,20). The molecule has 0 spiro atoms. The molecule has 21 heavy (non-hydrogen) atoms. The molecule has 114 valence electrons. The van der Waals surface area contributed by atoms with Crippen molar-refractivity contribution < 1.29 is 9.59 Å². The Morgan fingerprint density at radius 2 is 1.76 bits per heavy atom. The van der Waals surface area contributed by atoms with E-state index >= 15 is 0 Å². The van der Waals surface area contributed by atoms with Crippen LogP contribution < -0.4 is 5.43 Å². The highest BCUT2D eigenvalue weighted by atomic mass is 35.5. The highest BCUT2D eigenvalue weighted by Crippen LogP contribution is 2.30. The lowest BCUT2D eigenvalue weighted by atomic mass is 9.84. The van der Waals surface area contributed by atoms with Gasteiger partial charge in [0.2, 0.25) is 5.91 Å². The van der Waals surface area contributed by atoms with Gasteiger partial charge in [-0.25, -0.2) is 5.01 Å². The molecule has 0 atom stereocenters. The predicted octanol–water partition coefficient (Wildman–Crippen LogP) is 3.41. The van der Waals surface area contributed by atoms with Gasteiger partial charge in [0.25, 0.3) is 5.91 Å². The molecule has 0 saturated heterocycles. The van der Waals surface area contributed by atoms with Crippen molar-refractivity contribution in [1.82, 2.24) is 10.4 Å². The van der Waals surface area contributed by atoms with Gasteiger partial charge in [-0.3, -0.25) is 15.0 Å². The maximum Gasteiger partial charge on any atom is 0.269 e.